The number of methoxy groups -OCH3 is 1. The van der Waals surface area contributed by atoms with Crippen molar-refractivity contribution >= 4 is 5.91 Å². The van der Waals surface area contributed by atoms with E-state index in [-0.39, 0.29) is 11.9 Å². The van der Waals surface area contributed by atoms with Gasteiger partial charge in [-0.3, -0.25) is 9.69 Å². The second-order valence-corrected chi connectivity index (χ2v) is 7.77. The van der Waals surface area contributed by atoms with Crippen LogP contribution in [0.25, 0.3) is 0 Å². The molecule has 1 aliphatic heterocycles. The maximum Gasteiger partial charge on any atom is 0.252 e. The molecule has 154 valence electrons. The number of likely N-dealkylation sites (tertiary alicyclic amines) is 1. The van der Waals surface area contributed by atoms with Gasteiger partial charge in [0.25, 0.3) is 5.91 Å². The average Bonchev–Trinajstić information content (AvgIpc) is 3.31. The van der Waals surface area contributed by atoms with Crippen LogP contribution in [0, 0.1) is 0 Å². The van der Waals surface area contributed by atoms with Gasteiger partial charge in [-0.05, 0) is 66.9 Å². The van der Waals surface area contributed by atoms with Gasteiger partial charge >= 0.3 is 0 Å². The smallest absolute Gasteiger partial charge is 0.252 e. The van der Waals surface area contributed by atoms with Crippen molar-refractivity contribution in [1.82, 2.24) is 10.2 Å². The molecule has 4 nitrogen and oxygen atoms in total. The number of hydrogen-bond donors (Lipinski definition) is 1. The quantitative estimate of drug-likeness (QED) is 0.619. The molecule has 30 heavy (non-hydrogen) atoms. The molecule has 1 atom stereocenters. The fourth-order valence-electron chi connectivity index (χ4n) is 4.03. The van der Waals surface area contributed by atoms with Crippen molar-refractivity contribution in [2.24, 2.45) is 0 Å². The molecule has 0 radical (unpaired) electrons. The summed E-state index contributed by atoms with van der Waals surface area (Å²) in [5.74, 6) is 0.731. The molecule has 4 heteroatoms. The molecule has 1 saturated heterocycles. The van der Waals surface area contributed by atoms with Gasteiger partial charge < -0.3 is 10.1 Å². The van der Waals surface area contributed by atoms with Crippen molar-refractivity contribution in [2.45, 2.75) is 25.4 Å². The van der Waals surface area contributed by atoms with E-state index in [1.54, 1.807) is 7.11 Å². The highest BCUT2D eigenvalue weighted by Gasteiger charge is 2.19. The van der Waals surface area contributed by atoms with Gasteiger partial charge in [-0.2, -0.15) is 0 Å². The zero-order valence-corrected chi connectivity index (χ0v) is 17.4. The van der Waals surface area contributed by atoms with Gasteiger partial charge in [0.1, 0.15) is 5.75 Å². The first kappa shape index (κ1) is 20.2. The SMILES string of the molecule is COc1ccc([C@@H](NC(=O)c2cccc(CN3CCCC3)c2)c2ccccc2)cc1. The molecule has 0 saturated carbocycles. The third-order valence-electron chi connectivity index (χ3n) is 5.65. The summed E-state index contributed by atoms with van der Waals surface area (Å²) in [7, 11) is 1.65. The first-order valence-corrected chi connectivity index (χ1v) is 10.5. The highest BCUT2D eigenvalue weighted by Crippen LogP contribution is 2.25. The number of amides is 1. The average molecular weight is 401 g/mol. The molecule has 1 amide bonds. The van der Waals surface area contributed by atoms with E-state index in [1.807, 2.05) is 72.8 Å². The van der Waals surface area contributed by atoms with Crippen LogP contribution in [0.15, 0.2) is 78.9 Å². The Morgan fingerprint density at radius 3 is 2.33 bits per heavy atom. The van der Waals surface area contributed by atoms with Crippen LogP contribution in [0.1, 0.15) is 45.9 Å². The topological polar surface area (TPSA) is 41.6 Å². The Morgan fingerprint density at radius 2 is 1.63 bits per heavy atom. The molecule has 0 aliphatic carbocycles. The number of ether oxygens (including phenoxy) is 1. The van der Waals surface area contributed by atoms with Crippen LogP contribution in [0.5, 0.6) is 5.75 Å². The van der Waals surface area contributed by atoms with E-state index in [9.17, 15) is 4.79 Å². The van der Waals surface area contributed by atoms with Gasteiger partial charge in [0.15, 0.2) is 0 Å². The fraction of sp³-hybridized carbons (Fsp3) is 0.269. The van der Waals surface area contributed by atoms with Crippen molar-refractivity contribution in [3.8, 4) is 5.75 Å². The van der Waals surface area contributed by atoms with E-state index in [2.05, 4.69) is 16.3 Å². The Bertz CT molecular complexity index is 964. The van der Waals surface area contributed by atoms with Crippen molar-refractivity contribution < 1.29 is 9.53 Å². The van der Waals surface area contributed by atoms with Gasteiger partial charge in [0.05, 0.1) is 13.2 Å². The highest BCUT2D eigenvalue weighted by molar-refractivity contribution is 5.94. The lowest BCUT2D eigenvalue weighted by Crippen LogP contribution is -2.29. The largest absolute Gasteiger partial charge is 0.497 e. The minimum absolute atomic E-state index is 0.0667. The molecule has 0 bridgehead atoms. The summed E-state index contributed by atoms with van der Waals surface area (Å²) < 4.78 is 5.28. The Hall–Kier alpha value is -3.11. The standard InChI is InChI=1S/C26H28N2O2/c1-30-24-14-12-22(13-15-24)25(21-9-3-2-4-10-21)27-26(29)23-11-7-8-20(18-23)19-28-16-5-6-17-28/h2-4,7-15,18,25H,5-6,16-17,19H2,1H3,(H,27,29)/t25-/m0/s1. The van der Waals surface area contributed by atoms with Crippen LogP contribution in [0.2, 0.25) is 0 Å². The highest BCUT2D eigenvalue weighted by atomic mass is 16.5. The van der Waals surface area contributed by atoms with Crippen LogP contribution in [-0.4, -0.2) is 31.0 Å². The summed E-state index contributed by atoms with van der Waals surface area (Å²) in [6, 6.07) is 25.7. The summed E-state index contributed by atoms with van der Waals surface area (Å²) in [6.07, 6.45) is 2.53. The lowest BCUT2D eigenvalue weighted by molar-refractivity contribution is 0.0943. The van der Waals surface area contributed by atoms with Crippen molar-refractivity contribution in [1.29, 1.82) is 0 Å². The molecule has 3 aromatic rings. The third-order valence-corrected chi connectivity index (χ3v) is 5.65. The van der Waals surface area contributed by atoms with E-state index in [1.165, 1.54) is 18.4 Å². The Morgan fingerprint density at radius 1 is 0.933 bits per heavy atom. The summed E-state index contributed by atoms with van der Waals surface area (Å²) in [5.41, 5.74) is 3.94. The van der Waals surface area contributed by atoms with E-state index in [4.69, 9.17) is 4.74 Å². The van der Waals surface area contributed by atoms with Crippen molar-refractivity contribution in [2.75, 3.05) is 20.2 Å². The second kappa shape index (κ2) is 9.59. The molecular weight excluding hydrogens is 372 g/mol. The van der Waals surface area contributed by atoms with Crippen LogP contribution in [-0.2, 0) is 6.54 Å². The van der Waals surface area contributed by atoms with E-state index in [0.717, 1.165) is 36.5 Å². The first-order chi connectivity index (χ1) is 14.7. The number of carbonyl (C=O) groups excluding carboxylic acids is 1. The number of carbonyl (C=O) groups is 1. The van der Waals surface area contributed by atoms with Crippen LogP contribution in [0.3, 0.4) is 0 Å². The minimum Gasteiger partial charge on any atom is -0.497 e. The zero-order valence-electron chi connectivity index (χ0n) is 17.4. The Labute approximate surface area is 178 Å². The summed E-state index contributed by atoms with van der Waals surface area (Å²) in [4.78, 5) is 15.6. The lowest BCUT2D eigenvalue weighted by Gasteiger charge is -2.21. The maximum absolute atomic E-state index is 13.2. The third kappa shape index (κ3) is 4.89. The van der Waals surface area contributed by atoms with E-state index < -0.39 is 0 Å². The van der Waals surface area contributed by atoms with Crippen LogP contribution >= 0.6 is 0 Å². The van der Waals surface area contributed by atoms with Crippen LogP contribution < -0.4 is 10.1 Å². The van der Waals surface area contributed by atoms with Crippen molar-refractivity contribution in [3.63, 3.8) is 0 Å². The van der Waals surface area contributed by atoms with Gasteiger partial charge in [-0.1, -0.05) is 54.6 Å². The summed E-state index contributed by atoms with van der Waals surface area (Å²) >= 11 is 0. The fourth-order valence-corrected chi connectivity index (χ4v) is 4.03. The molecule has 1 fully saturated rings. The second-order valence-electron chi connectivity index (χ2n) is 7.77. The lowest BCUT2D eigenvalue weighted by atomic mass is 9.98. The number of hydrogen-bond acceptors (Lipinski definition) is 3. The molecule has 1 N–H and O–H groups in total. The van der Waals surface area contributed by atoms with E-state index in [0.29, 0.717) is 5.56 Å². The predicted octanol–water partition coefficient (Wildman–Crippen LogP) is 4.81. The molecule has 1 aliphatic rings. The Balaban J connectivity index is 1.55. The number of nitrogens with zero attached hydrogens (tertiary/aromatic N) is 1. The van der Waals surface area contributed by atoms with Crippen LogP contribution in [0.4, 0.5) is 0 Å². The number of benzene rings is 3. The zero-order chi connectivity index (χ0) is 20.8. The van der Waals surface area contributed by atoms with Gasteiger partial charge in [0.2, 0.25) is 0 Å². The van der Waals surface area contributed by atoms with Crippen molar-refractivity contribution in [3.05, 3.63) is 101 Å². The van der Waals surface area contributed by atoms with Gasteiger partial charge in [-0.25, -0.2) is 0 Å². The number of nitrogens with one attached hydrogen (secondary N) is 1. The maximum atomic E-state index is 13.2. The minimum atomic E-state index is -0.230. The number of rotatable bonds is 7. The van der Waals surface area contributed by atoms with Gasteiger partial charge in [-0.15, -0.1) is 0 Å². The monoisotopic (exact) mass is 400 g/mol. The molecule has 0 spiro atoms. The molecule has 0 aromatic heterocycles. The van der Waals surface area contributed by atoms with Gasteiger partial charge in [0, 0.05) is 12.1 Å². The van der Waals surface area contributed by atoms with E-state index >= 15 is 0 Å². The molecule has 1 heterocycles. The predicted molar refractivity (Wildman–Crippen MR) is 120 cm³/mol. The summed E-state index contributed by atoms with van der Waals surface area (Å²) in [6.45, 7) is 3.19. The normalized spacial score (nSPS) is 15.0. The summed E-state index contributed by atoms with van der Waals surface area (Å²) in [5, 5.41) is 3.23. The Kier molecular flexibility index (Phi) is 6.45. The molecule has 4 rings (SSSR count). The molecule has 3 aromatic carbocycles. The molecular formula is C26H28N2O2. The first-order valence-electron chi connectivity index (χ1n) is 10.5. The molecule has 0 unspecified atom stereocenters.